The van der Waals surface area contributed by atoms with Gasteiger partial charge in [-0.05, 0) is 11.0 Å². The Morgan fingerprint density at radius 2 is 1.16 bits per heavy atom. The minimum Gasteiger partial charge on any atom is -0.0149 e. The minimum atomic E-state index is -2.45. The van der Waals surface area contributed by atoms with Crippen molar-refractivity contribution >= 4 is 33.5 Å². The molecule has 1 aliphatic carbocycles. The van der Waals surface area contributed by atoms with E-state index in [1.54, 1.807) is 0 Å². The van der Waals surface area contributed by atoms with Crippen LogP contribution in [-0.4, -0.2) is 33.5 Å². The fraction of sp³-hybridized carbons (Fsp3) is 0.346. The molecule has 0 saturated heterocycles. The first kappa shape index (κ1) is 28.8. The van der Waals surface area contributed by atoms with Crippen LogP contribution in [0.15, 0.2) is 72.1 Å². The number of carbonyl (C=O) groups is 1. The molecule has 0 aromatic heterocycles. The maximum atomic E-state index is 10.9. The molecular formula is C26H43NOSi3Ti. The summed E-state index contributed by atoms with van der Waals surface area (Å²) >= 11 is -2.45. The Balaban J connectivity index is 0.000000346. The van der Waals surface area contributed by atoms with Gasteiger partial charge in [-0.3, -0.25) is 0 Å². The number of benzene rings is 2. The van der Waals surface area contributed by atoms with Crippen LogP contribution in [-0.2, 0) is 21.6 Å². The predicted molar refractivity (Wildman–Crippen MR) is 151 cm³/mol. The largest absolute Gasteiger partial charge is 0.0149 e. The molecule has 6 heteroatoms. The third-order valence-corrected chi connectivity index (χ3v) is 15.2. The van der Waals surface area contributed by atoms with Crippen molar-refractivity contribution < 1.29 is 21.6 Å². The van der Waals surface area contributed by atoms with E-state index in [9.17, 15) is 4.79 Å². The molecule has 3 rings (SSSR count). The fourth-order valence-corrected chi connectivity index (χ4v) is 12.1. The van der Waals surface area contributed by atoms with Crippen LogP contribution in [0.3, 0.4) is 0 Å². The molecule has 32 heavy (non-hydrogen) atoms. The maximum absolute atomic E-state index is 10.9. The van der Waals surface area contributed by atoms with E-state index in [1.807, 2.05) is 0 Å². The smallest absolute Gasteiger partial charge is 0.0149 e. The minimum absolute atomic E-state index is 0. The second kappa shape index (κ2) is 10.8. The number of hydrogen-bond donors (Lipinski definition) is 1. The molecule has 0 fully saturated rings. The molecule has 1 N–H and O–H groups in total. The first-order valence-electron chi connectivity index (χ1n) is 11.0. The van der Waals surface area contributed by atoms with Gasteiger partial charge < -0.3 is 0 Å². The summed E-state index contributed by atoms with van der Waals surface area (Å²) in [6, 6.07) is 17.2. The van der Waals surface area contributed by atoms with E-state index in [0.29, 0.717) is 4.22 Å². The van der Waals surface area contributed by atoms with E-state index in [4.69, 9.17) is 0 Å². The molecule has 0 unspecified atom stereocenters. The third-order valence-electron chi connectivity index (χ3n) is 6.16. The molecule has 0 saturated carbocycles. The van der Waals surface area contributed by atoms with Crippen LogP contribution in [0.25, 0.3) is 11.1 Å². The topological polar surface area (TPSA) is 29.1 Å². The van der Waals surface area contributed by atoms with Crippen molar-refractivity contribution in [3.63, 3.8) is 0 Å². The van der Waals surface area contributed by atoms with Gasteiger partial charge >= 0.3 is 117 Å². The van der Waals surface area contributed by atoms with Gasteiger partial charge in [-0.25, -0.2) is 0 Å². The van der Waals surface area contributed by atoms with Crippen molar-refractivity contribution in [1.29, 1.82) is 0 Å². The third kappa shape index (κ3) is 6.42. The number of rotatable bonds is 6. The van der Waals surface area contributed by atoms with Crippen LogP contribution in [0, 0.1) is 0 Å². The molecule has 0 atom stereocenters. The molecule has 0 aliphatic heterocycles. The molecule has 2 nitrogen and oxygen atoms in total. The standard InChI is InChI=1S/C13H9.C10H22Si2.CH3NO.2CH3.H4Si.Ti/c1-3-7-12-10(5-1)9-11-6-2-4-8-13(11)12;1-9(11(3,4)5)10(2)12(6,7)8;2-1-3;;;;/h1-9H;1-2H2,3-8H3;1H,(H2,2,3);2*1H3;1H4;/q;;;;;;+1/p-1. The summed E-state index contributed by atoms with van der Waals surface area (Å²) < 4.78 is 3.54. The molecule has 1 amide bonds. The Bertz CT molecular complexity index is 918. The number of fused-ring (bicyclic) bond motifs is 3. The van der Waals surface area contributed by atoms with Crippen molar-refractivity contribution in [2.75, 3.05) is 0 Å². The zero-order valence-corrected chi connectivity index (χ0v) is 24.2. The quantitative estimate of drug-likeness (QED) is 0.281. The van der Waals surface area contributed by atoms with Gasteiger partial charge in [-0.15, -0.1) is 0 Å². The number of carbonyl (C=O) groups excluding carboxylic acids is 1. The van der Waals surface area contributed by atoms with Crippen molar-refractivity contribution in [2.45, 2.75) is 54.0 Å². The Hall–Kier alpha value is -1.25. The van der Waals surface area contributed by atoms with E-state index in [1.165, 1.54) is 32.6 Å². The van der Waals surface area contributed by atoms with Crippen LogP contribution >= 0.6 is 0 Å². The second-order valence-corrected chi connectivity index (χ2v) is 28.0. The van der Waals surface area contributed by atoms with Crippen molar-refractivity contribution in [3.05, 3.63) is 83.2 Å². The molecule has 2 aromatic carbocycles. The van der Waals surface area contributed by atoms with E-state index in [-0.39, 0.29) is 11.0 Å². The average Bonchev–Trinajstić information content (AvgIpc) is 3.01. The van der Waals surface area contributed by atoms with E-state index in [0.717, 1.165) is 6.41 Å². The van der Waals surface area contributed by atoms with Gasteiger partial charge in [0.2, 0.25) is 0 Å². The van der Waals surface area contributed by atoms with Gasteiger partial charge in [0.05, 0.1) is 16.1 Å². The van der Waals surface area contributed by atoms with Gasteiger partial charge in [0.25, 0.3) is 0 Å². The van der Waals surface area contributed by atoms with E-state index >= 15 is 0 Å². The Morgan fingerprint density at radius 1 is 0.812 bits per heavy atom. The first-order chi connectivity index (χ1) is 14.2. The fourth-order valence-electron chi connectivity index (χ4n) is 4.07. The predicted octanol–water partition coefficient (Wildman–Crippen LogP) is 6.07. The van der Waals surface area contributed by atoms with Gasteiger partial charge in [0.15, 0.2) is 0 Å². The Morgan fingerprint density at radius 3 is 1.47 bits per heavy atom. The van der Waals surface area contributed by atoms with E-state index in [2.05, 4.69) is 115 Å². The maximum Gasteiger partial charge on any atom is -0.0149 e. The average molecular weight is 518 g/mol. The number of amides is 1. The van der Waals surface area contributed by atoms with Crippen LogP contribution in [0.4, 0.5) is 0 Å². The summed E-state index contributed by atoms with van der Waals surface area (Å²) in [7, 11) is -2.39. The first-order valence-corrected chi connectivity index (χ1v) is 22.8. The number of hydrogen-bond acceptors (Lipinski definition) is 1. The van der Waals surface area contributed by atoms with Gasteiger partial charge in [0.1, 0.15) is 0 Å². The summed E-state index contributed by atoms with van der Waals surface area (Å²) in [5.74, 6) is 0. The SMILES string of the molecule is C=C(C(=C)[Si](C)(C)C)[Si](C)(C)C.[CH3][Ti]([CH3])([NH]C=O)[CH]1c2ccccc2-c2ccccc21.[SiH4]. The molecular weight excluding hydrogens is 474 g/mol. The molecule has 0 bridgehead atoms. The molecule has 2 aromatic rings. The molecule has 0 heterocycles. The van der Waals surface area contributed by atoms with Gasteiger partial charge in [-0.1, -0.05) is 62.8 Å². The number of nitrogens with one attached hydrogen (secondary N) is 1. The summed E-state index contributed by atoms with van der Waals surface area (Å²) in [6.07, 6.45) is 0.879. The molecule has 0 spiro atoms. The molecule has 0 radical (unpaired) electrons. The zero-order chi connectivity index (χ0) is 23.6. The Kier molecular flexibility index (Phi) is 9.71. The van der Waals surface area contributed by atoms with Crippen molar-refractivity contribution in [2.24, 2.45) is 0 Å². The summed E-state index contributed by atoms with van der Waals surface area (Å²) in [5.41, 5.74) is 5.41. The summed E-state index contributed by atoms with van der Waals surface area (Å²) in [4.78, 5) is 10.9. The summed E-state index contributed by atoms with van der Waals surface area (Å²) in [5, 5.41) is 7.25. The van der Waals surface area contributed by atoms with Crippen LogP contribution in [0.2, 0.25) is 49.7 Å². The van der Waals surface area contributed by atoms with Crippen molar-refractivity contribution in [1.82, 2.24) is 3.80 Å². The van der Waals surface area contributed by atoms with Crippen LogP contribution in [0.5, 0.6) is 0 Å². The van der Waals surface area contributed by atoms with Crippen LogP contribution in [0.1, 0.15) is 15.3 Å². The number of allylic oxidation sites excluding steroid dienone is 2. The summed E-state index contributed by atoms with van der Waals surface area (Å²) in [6.45, 7) is 22.4. The molecule has 174 valence electrons. The second-order valence-electron chi connectivity index (χ2n) is 11.0. The van der Waals surface area contributed by atoms with Gasteiger partial charge in [0, 0.05) is 0 Å². The molecule has 1 aliphatic rings. The van der Waals surface area contributed by atoms with Crippen molar-refractivity contribution in [3.8, 4) is 11.1 Å². The van der Waals surface area contributed by atoms with E-state index < -0.39 is 33.0 Å². The zero-order valence-electron chi connectivity index (χ0n) is 20.6. The Labute approximate surface area is 206 Å². The normalized spacial score (nSPS) is 13.0. The van der Waals surface area contributed by atoms with Gasteiger partial charge in [-0.2, -0.15) is 0 Å². The monoisotopic (exact) mass is 517 g/mol. The van der Waals surface area contributed by atoms with Crippen LogP contribution < -0.4 is 3.80 Å².